The number of hydrogen-bond donors (Lipinski definition) is 2. The molecular weight excluding hydrogens is 366 g/mol. The summed E-state index contributed by atoms with van der Waals surface area (Å²) in [5.74, 6) is -0.0108. The highest BCUT2D eigenvalue weighted by atomic mass is 79.9. The summed E-state index contributed by atoms with van der Waals surface area (Å²) in [7, 11) is 0. The smallest absolute Gasteiger partial charge is 0.304 e. The van der Waals surface area contributed by atoms with Crippen molar-refractivity contribution in [3.63, 3.8) is 0 Å². The summed E-state index contributed by atoms with van der Waals surface area (Å²) in [6.07, 6.45) is 0.124. The molecule has 0 spiro atoms. The third kappa shape index (κ3) is 4.96. The largest absolute Gasteiger partial charge is 0.492 e. The molecule has 100 valence electrons. The van der Waals surface area contributed by atoms with Gasteiger partial charge in [-0.15, -0.1) is 0 Å². The van der Waals surface area contributed by atoms with E-state index in [9.17, 15) is 4.79 Å². The molecule has 1 aromatic carbocycles. The molecule has 0 bridgehead atoms. The van der Waals surface area contributed by atoms with Crippen LogP contribution in [0.15, 0.2) is 21.1 Å². The van der Waals surface area contributed by atoms with Crippen molar-refractivity contribution >= 4 is 37.8 Å². The lowest BCUT2D eigenvalue weighted by Gasteiger charge is -2.11. The molecule has 0 saturated carbocycles. The second-order valence-corrected chi connectivity index (χ2v) is 5.35. The summed E-state index contributed by atoms with van der Waals surface area (Å²) < 4.78 is 7.25. The van der Waals surface area contributed by atoms with E-state index in [0.717, 1.165) is 20.3 Å². The maximum atomic E-state index is 10.4. The Morgan fingerprint density at radius 3 is 2.50 bits per heavy atom. The predicted octanol–water partition coefficient (Wildman–Crippen LogP) is 3.17. The lowest BCUT2D eigenvalue weighted by atomic mass is 10.2. The van der Waals surface area contributed by atoms with Gasteiger partial charge in [0.1, 0.15) is 5.75 Å². The lowest BCUT2D eigenvalue weighted by molar-refractivity contribution is -0.136. The molecular formula is C12H15Br2NO3. The molecule has 18 heavy (non-hydrogen) atoms. The zero-order valence-electron chi connectivity index (χ0n) is 10.0. The second kappa shape index (κ2) is 7.76. The van der Waals surface area contributed by atoms with Crippen molar-refractivity contribution < 1.29 is 14.6 Å². The number of halogens is 2. The van der Waals surface area contributed by atoms with Gasteiger partial charge in [0.2, 0.25) is 0 Å². The van der Waals surface area contributed by atoms with Crippen LogP contribution in [0.2, 0.25) is 0 Å². The molecule has 0 aliphatic rings. The van der Waals surface area contributed by atoms with E-state index in [-0.39, 0.29) is 6.42 Å². The monoisotopic (exact) mass is 379 g/mol. The van der Waals surface area contributed by atoms with Crippen LogP contribution in [-0.4, -0.2) is 24.2 Å². The molecule has 0 amide bonds. The topological polar surface area (TPSA) is 58.6 Å². The summed E-state index contributed by atoms with van der Waals surface area (Å²) in [5, 5.41) is 11.6. The van der Waals surface area contributed by atoms with E-state index in [2.05, 4.69) is 37.2 Å². The second-order valence-electron chi connectivity index (χ2n) is 3.64. The van der Waals surface area contributed by atoms with Gasteiger partial charge in [0, 0.05) is 13.1 Å². The van der Waals surface area contributed by atoms with Crippen LogP contribution in [0.3, 0.4) is 0 Å². The van der Waals surface area contributed by atoms with Gasteiger partial charge in [-0.25, -0.2) is 0 Å². The minimum absolute atomic E-state index is 0.124. The standard InChI is InChI=1S/C12H15Br2NO3/c1-2-18-12-9(13)5-8(6-10(12)14)7-15-4-3-11(16)17/h5-6,15H,2-4,7H2,1H3,(H,16,17). The van der Waals surface area contributed by atoms with Crippen LogP contribution in [0.5, 0.6) is 5.75 Å². The Morgan fingerprint density at radius 2 is 2.00 bits per heavy atom. The van der Waals surface area contributed by atoms with Crippen LogP contribution < -0.4 is 10.1 Å². The fraction of sp³-hybridized carbons (Fsp3) is 0.417. The molecule has 1 rings (SSSR count). The van der Waals surface area contributed by atoms with Gasteiger partial charge in [-0.3, -0.25) is 4.79 Å². The Balaban J connectivity index is 2.60. The molecule has 2 N–H and O–H groups in total. The first-order valence-electron chi connectivity index (χ1n) is 5.57. The molecule has 0 aliphatic carbocycles. The first kappa shape index (κ1) is 15.5. The summed E-state index contributed by atoms with van der Waals surface area (Å²) in [6, 6.07) is 3.92. The highest BCUT2D eigenvalue weighted by Crippen LogP contribution is 2.34. The average molecular weight is 381 g/mol. The van der Waals surface area contributed by atoms with Crippen molar-refractivity contribution in [2.45, 2.75) is 19.9 Å². The van der Waals surface area contributed by atoms with Gasteiger partial charge in [0.15, 0.2) is 0 Å². The Labute approximate surface area is 123 Å². The Hall–Kier alpha value is -0.590. The van der Waals surface area contributed by atoms with Gasteiger partial charge in [-0.05, 0) is 56.5 Å². The Morgan fingerprint density at radius 1 is 1.39 bits per heavy atom. The minimum atomic E-state index is -0.795. The number of carboxylic acid groups (broad SMARTS) is 1. The molecule has 0 fully saturated rings. The van der Waals surface area contributed by atoms with Crippen LogP contribution in [0.1, 0.15) is 18.9 Å². The molecule has 0 atom stereocenters. The predicted molar refractivity (Wildman–Crippen MR) is 77.0 cm³/mol. The number of nitrogens with one attached hydrogen (secondary N) is 1. The number of benzene rings is 1. The van der Waals surface area contributed by atoms with E-state index in [0.29, 0.717) is 19.7 Å². The molecule has 0 radical (unpaired) electrons. The third-order valence-electron chi connectivity index (χ3n) is 2.19. The van der Waals surface area contributed by atoms with E-state index in [1.54, 1.807) is 0 Å². The molecule has 0 aliphatic heterocycles. The van der Waals surface area contributed by atoms with Gasteiger partial charge in [0.25, 0.3) is 0 Å². The quantitative estimate of drug-likeness (QED) is 0.713. The van der Waals surface area contributed by atoms with E-state index in [1.165, 1.54) is 0 Å². The lowest BCUT2D eigenvalue weighted by Crippen LogP contribution is -2.17. The minimum Gasteiger partial charge on any atom is -0.492 e. The SMILES string of the molecule is CCOc1c(Br)cc(CNCCC(=O)O)cc1Br. The van der Waals surface area contributed by atoms with Crippen molar-refractivity contribution in [1.82, 2.24) is 5.32 Å². The number of carbonyl (C=O) groups is 1. The van der Waals surface area contributed by atoms with Crippen molar-refractivity contribution in [2.75, 3.05) is 13.2 Å². The van der Waals surface area contributed by atoms with E-state index in [4.69, 9.17) is 9.84 Å². The molecule has 0 aromatic heterocycles. The number of aliphatic carboxylic acids is 1. The maximum Gasteiger partial charge on any atom is 0.304 e. The fourth-order valence-electron chi connectivity index (χ4n) is 1.42. The molecule has 1 aromatic rings. The highest BCUT2D eigenvalue weighted by molar-refractivity contribution is 9.11. The molecule has 0 unspecified atom stereocenters. The van der Waals surface area contributed by atoms with Crippen LogP contribution in [0, 0.1) is 0 Å². The van der Waals surface area contributed by atoms with Gasteiger partial charge < -0.3 is 15.2 Å². The number of ether oxygens (including phenoxy) is 1. The van der Waals surface area contributed by atoms with E-state index < -0.39 is 5.97 Å². The van der Waals surface area contributed by atoms with Crippen molar-refractivity contribution in [1.29, 1.82) is 0 Å². The maximum absolute atomic E-state index is 10.4. The van der Waals surface area contributed by atoms with Gasteiger partial charge in [0.05, 0.1) is 22.0 Å². The van der Waals surface area contributed by atoms with Gasteiger partial charge >= 0.3 is 5.97 Å². The van der Waals surface area contributed by atoms with Crippen LogP contribution in [0.4, 0.5) is 0 Å². The van der Waals surface area contributed by atoms with Crippen molar-refractivity contribution in [3.8, 4) is 5.75 Å². The van der Waals surface area contributed by atoms with Gasteiger partial charge in [-0.2, -0.15) is 0 Å². The van der Waals surface area contributed by atoms with Crippen molar-refractivity contribution in [2.24, 2.45) is 0 Å². The fourth-order valence-corrected chi connectivity index (χ4v) is 2.93. The molecule has 6 heteroatoms. The zero-order chi connectivity index (χ0) is 13.5. The van der Waals surface area contributed by atoms with Crippen LogP contribution in [0.25, 0.3) is 0 Å². The first-order chi connectivity index (χ1) is 8.54. The Bertz CT molecular complexity index is 401. The summed E-state index contributed by atoms with van der Waals surface area (Å²) in [6.45, 7) is 3.61. The normalized spacial score (nSPS) is 10.4. The summed E-state index contributed by atoms with van der Waals surface area (Å²) in [4.78, 5) is 10.4. The van der Waals surface area contributed by atoms with Crippen LogP contribution >= 0.6 is 31.9 Å². The summed E-state index contributed by atoms with van der Waals surface area (Å²) in [5.41, 5.74) is 1.06. The average Bonchev–Trinajstić information content (AvgIpc) is 2.29. The third-order valence-corrected chi connectivity index (χ3v) is 3.37. The van der Waals surface area contributed by atoms with Crippen LogP contribution in [-0.2, 0) is 11.3 Å². The first-order valence-corrected chi connectivity index (χ1v) is 7.16. The van der Waals surface area contributed by atoms with E-state index in [1.807, 2.05) is 19.1 Å². The number of hydrogen-bond acceptors (Lipinski definition) is 3. The highest BCUT2D eigenvalue weighted by Gasteiger charge is 2.08. The van der Waals surface area contributed by atoms with Gasteiger partial charge in [-0.1, -0.05) is 0 Å². The Kier molecular flexibility index (Phi) is 6.67. The van der Waals surface area contributed by atoms with Crippen molar-refractivity contribution in [3.05, 3.63) is 26.6 Å². The molecule has 4 nitrogen and oxygen atoms in total. The molecule has 0 heterocycles. The summed E-state index contributed by atoms with van der Waals surface area (Å²) >= 11 is 6.91. The number of carboxylic acids is 1. The number of rotatable bonds is 7. The molecule has 0 saturated heterocycles. The van der Waals surface area contributed by atoms with E-state index >= 15 is 0 Å². The zero-order valence-corrected chi connectivity index (χ0v) is 13.2.